The second-order valence-corrected chi connectivity index (χ2v) is 6.30. The van der Waals surface area contributed by atoms with E-state index in [-0.39, 0.29) is 33.7 Å². The van der Waals surface area contributed by atoms with Crippen LogP contribution in [0.15, 0.2) is 42.5 Å². The molecule has 0 aromatic heterocycles. The molecular formula is C18H12ClN3O6. The predicted molar refractivity (Wildman–Crippen MR) is 97.7 cm³/mol. The molecule has 2 aromatic carbocycles. The van der Waals surface area contributed by atoms with Crippen LogP contribution in [-0.4, -0.2) is 40.4 Å². The summed E-state index contributed by atoms with van der Waals surface area (Å²) in [5.74, 6) is -1.78. The highest BCUT2D eigenvalue weighted by molar-refractivity contribution is 6.32. The van der Waals surface area contributed by atoms with Crippen molar-refractivity contribution in [2.45, 2.75) is 6.04 Å². The van der Waals surface area contributed by atoms with E-state index in [0.29, 0.717) is 0 Å². The van der Waals surface area contributed by atoms with Crippen molar-refractivity contribution in [3.63, 3.8) is 0 Å². The third-order valence-corrected chi connectivity index (χ3v) is 4.47. The van der Waals surface area contributed by atoms with Crippen LogP contribution in [0.4, 0.5) is 5.69 Å². The van der Waals surface area contributed by atoms with Crippen LogP contribution in [0, 0.1) is 10.1 Å². The van der Waals surface area contributed by atoms with Gasteiger partial charge in [0.15, 0.2) is 6.29 Å². The van der Waals surface area contributed by atoms with Gasteiger partial charge in [-0.25, -0.2) is 0 Å². The summed E-state index contributed by atoms with van der Waals surface area (Å²) in [6, 6.07) is 8.47. The number of nitro groups is 1. The fourth-order valence-electron chi connectivity index (χ4n) is 2.81. The highest BCUT2D eigenvalue weighted by Crippen LogP contribution is 2.27. The lowest BCUT2D eigenvalue weighted by molar-refractivity contribution is -0.511. The van der Waals surface area contributed by atoms with Crippen LogP contribution < -0.4 is 5.32 Å². The summed E-state index contributed by atoms with van der Waals surface area (Å²) in [4.78, 5) is 58.6. The Hall–Kier alpha value is -3.59. The predicted octanol–water partition coefficient (Wildman–Crippen LogP) is 2.09. The van der Waals surface area contributed by atoms with Gasteiger partial charge in [-0.3, -0.25) is 34.2 Å². The quantitative estimate of drug-likeness (QED) is 0.342. The number of carbonyl (C=O) groups excluding carboxylic acids is 4. The van der Waals surface area contributed by atoms with Crippen LogP contribution in [0.2, 0.25) is 5.02 Å². The van der Waals surface area contributed by atoms with Crippen LogP contribution in [0.1, 0.15) is 32.3 Å². The van der Waals surface area contributed by atoms with Crippen LogP contribution in [0.3, 0.4) is 0 Å². The summed E-state index contributed by atoms with van der Waals surface area (Å²) in [7, 11) is 0. The molecule has 0 saturated heterocycles. The van der Waals surface area contributed by atoms with Crippen molar-refractivity contribution >= 4 is 41.3 Å². The third-order valence-electron chi connectivity index (χ3n) is 4.14. The van der Waals surface area contributed by atoms with Crippen LogP contribution in [-0.2, 0) is 9.59 Å². The number of nitrogens with one attached hydrogen (secondary N) is 1. The Balaban J connectivity index is 1.72. The maximum Gasteiger partial charge on any atom is 0.293 e. The van der Waals surface area contributed by atoms with E-state index in [1.165, 1.54) is 30.3 Å². The molecule has 1 unspecified atom stereocenters. The number of fused-ring (bicyclic) bond motifs is 1. The molecule has 1 aliphatic heterocycles. The lowest BCUT2D eigenvalue weighted by atomic mass is 10.1. The molecule has 0 spiro atoms. The first-order valence-corrected chi connectivity index (χ1v) is 8.34. The van der Waals surface area contributed by atoms with Gasteiger partial charge >= 0.3 is 0 Å². The first kappa shape index (κ1) is 19.2. The van der Waals surface area contributed by atoms with E-state index in [1.807, 2.05) is 0 Å². The second-order valence-electron chi connectivity index (χ2n) is 5.89. The second kappa shape index (κ2) is 7.57. The summed E-state index contributed by atoms with van der Waals surface area (Å²) >= 11 is 5.97. The number of carbonyl (C=O) groups is 4. The zero-order chi connectivity index (χ0) is 20.4. The molecule has 3 amide bonds. The Kier molecular flexibility index (Phi) is 5.18. The molecule has 142 valence electrons. The topological polar surface area (TPSA) is 127 Å². The van der Waals surface area contributed by atoms with E-state index in [9.17, 15) is 29.3 Å². The van der Waals surface area contributed by atoms with Crippen molar-refractivity contribution in [1.82, 2.24) is 4.90 Å². The van der Waals surface area contributed by atoms with Gasteiger partial charge in [-0.2, -0.15) is 0 Å². The Bertz CT molecular complexity index is 987. The molecule has 28 heavy (non-hydrogen) atoms. The lowest BCUT2D eigenvalue weighted by Crippen LogP contribution is -2.37. The summed E-state index contributed by atoms with van der Waals surface area (Å²) in [5.41, 5.74) is 0.642. The van der Waals surface area contributed by atoms with Crippen molar-refractivity contribution in [3.8, 4) is 0 Å². The first-order chi connectivity index (χ1) is 13.3. The highest BCUT2D eigenvalue weighted by atomic mass is 35.5. The Labute approximate surface area is 163 Å². The number of anilines is 1. The lowest BCUT2D eigenvalue weighted by Gasteiger charge is -2.14. The molecule has 0 bridgehead atoms. The number of benzene rings is 2. The molecule has 1 atom stereocenters. The van der Waals surface area contributed by atoms with E-state index >= 15 is 0 Å². The maximum absolute atomic E-state index is 12.3. The van der Waals surface area contributed by atoms with Crippen molar-refractivity contribution < 1.29 is 24.1 Å². The summed E-state index contributed by atoms with van der Waals surface area (Å²) in [6.07, 6.45) is 0.154. The largest absolute Gasteiger partial charge is 0.324 e. The fourth-order valence-corrected chi connectivity index (χ4v) is 3.10. The van der Waals surface area contributed by atoms with E-state index in [1.54, 1.807) is 12.1 Å². The molecule has 1 N–H and O–H groups in total. The van der Waals surface area contributed by atoms with Crippen molar-refractivity contribution in [2.24, 2.45) is 0 Å². The molecule has 10 heteroatoms. The fraction of sp³-hybridized carbons (Fsp3) is 0.111. The number of rotatable bonds is 6. The highest BCUT2D eigenvalue weighted by Gasteiger charge is 2.36. The average Bonchev–Trinajstić information content (AvgIpc) is 2.89. The Morgan fingerprint density at radius 1 is 1.18 bits per heavy atom. The minimum absolute atomic E-state index is 0.0139. The smallest absolute Gasteiger partial charge is 0.293 e. The molecule has 2 aromatic rings. The molecule has 3 rings (SSSR count). The van der Waals surface area contributed by atoms with Gasteiger partial charge in [-0.15, -0.1) is 0 Å². The number of hydrogen-bond donors (Lipinski definition) is 1. The van der Waals surface area contributed by atoms with E-state index in [4.69, 9.17) is 11.6 Å². The van der Waals surface area contributed by atoms with Crippen molar-refractivity contribution in [1.29, 1.82) is 0 Å². The SMILES string of the molecule is O=CC(c1ccc(NC(=O)CN2C(=O)c3ccccc3C2=O)cc1Cl)[N+](=O)[O-]. The van der Waals surface area contributed by atoms with Gasteiger partial charge in [0.05, 0.1) is 21.7 Å². The molecule has 0 aliphatic carbocycles. The molecular weight excluding hydrogens is 390 g/mol. The van der Waals surface area contributed by atoms with Gasteiger partial charge in [-0.05, 0) is 30.3 Å². The summed E-state index contributed by atoms with van der Waals surface area (Å²) in [6.45, 7) is -0.502. The van der Waals surface area contributed by atoms with Gasteiger partial charge in [0.2, 0.25) is 5.91 Å². The normalized spacial score (nSPS) is 13.8. The van der Waals surface area contributed by atoms with Gasteiger partial charge in [0.1, 0.15) is 6.54 Å². The number of halogens is 1. The van der Waals surface area contributed by atoms with Crippen molar-refractivity contribution in [2.75, 3.05) is 11.9 Å². The zero-order valence-electron chi connectivity index (χ0n) is 14.1. The van der Waals surface area contributed by atoms with E-state index in [0.717, 1.165) is 4.90 Å². The minimum atomic E-state index is -1.62. The average molecular weight is 402 g/mol. The van der Waals surface area contributed by atoms with Gasteiger partial charge in [-0.1, -0.05) is 23.7 Å². The van der Waals surface area contributed by atoms with Gasteiger partial charge in [0.25, 0.3) is 17.9 Å². The molecule has 0 radical (unpaired) electrons. The minimum Gasteiger partial charge on any atom is -0.324 e. The van der Waals surface area contributed by atoms with Crippen LogP contribution in [0.25, 0.3) is 0 Å². The molecule has 9 nitrogen and oxygen atoms in total. The van der Waals surface area contributed by atoms with E-state index < -0.39 is 35.2 Å². The summed E-state index contributed by atoms with van der Waals surface area (Å²) < 4.78 is 0. The van der Waals surface area contributed by atoms with Crippen LogP contribution in [0.5, 0.6) is 0 Å². The number of hydrogen-bond acceptors (Lipinski definition) is 6. The van der Waals surface area contributed by atoms with Crippen LogP contribution >= 0.6 is 11.6 Å². The van der Waals surface area contributed by atoms with Gasteiger partial charge < -0.3 is 5.32 Å². The van der Waals surface area contributed by atoms with Gasteiger partial charge in [0, 0.05) is 10.6 Å². The molecule has 0 saturated carbocycles. The van der Waals surface area contributed by atoms with Crippen molar-refractivity contribution in [3.05, 3.63) is 74.3 Å². The first-order valence-electron chi connectivity index (χ1n) is 7.96. The number of aldehydes is 1. The monoisotopic (exact) mass is 401 g/mol. The number of nitrogens with zero attached hydrogens (tertiary/aromatic N) is 2. The Morgan fingerprint density at radius 2 is 1.79 bits per heavy atom. The number of imide groups is 1. The summed E-state index contributed by atoms with van der Waals surface area (Å²) in [5, 5.41) is 13.3. The molecule has 1 heterocycles. The molecule has 1 aliphatic rings. The maximum atomic E-state index is 12.3. The van der Waals surface area contributed by atoms with E-state index in [2.05, 4.69) is 5.32 Å². The number of amides is 3. The standard InChI is InChI=1S/C18H12ClN3O6/c19-14-7-10(5-6-13(14)15(9-23)22(27)28)20-16(24)8-21-17(25)11-3-1-2-4-12(11)18(21)26/h1-7,9,15H,8H2,(H,20,24). The Morgan fingerprint density at radius 3 is 2.29 bits per heavy atom. The third kappa shape index (κ3) is 3.47. The zero-order valence-corrected chi connectivity index (χ0v) is 14.9. The molecule has 0 fully saturated rings.